The van der Waals surface area contributed by atoms with Crippen LogP contribution in [-0.2, 0) is 17.8 Å². The van der Waals surface area contributed by atoms with Gasteiger partial charge in [0.05, 0.1) is 17.2 Å². The summed E-state index contributed by atoms with van der Waals surface area (Å²) < 4.78 is 0. The smallest absolute Gasteiger partial charge is 0.222 e. The molecule has 0 unspecified atom stereocenters. The predicted octanol–water partition coefficient (Wildman–Crippen LogP) is 2.39. The zero-order valence-corrected chi connectivity index (χ0v) is 17.7. The summed E-state index contributed by atoms with van der Waals surface area (Å²) in [6.07, 6.45) is 3.63. The van der Waals surface area contributed by atoms with E-state index in [9.17, 15) is 4.79 Å². The summed E-state index contributed by atoms with van der Waals surface area (Å²) in [5, 5.41) is 9.80. The number of hydrogen-bond donors (Lipinski definition) is 2. The number of thiazole rings is 1. The lowest BCUT2D eigenvalue weighted by Crippen LogP contribution is -2.39. The standard InChI is InChI=1S/C16H27N5OS.HI/c1-3-14-20-13(12-23-14)11-19-16(17-4-2)18-8-6-10-21-9-5-7-15(21)22;/h12H,3-11H2,1-2H3,(H2,17,18,19);1H. The second kappa shape index (κ2) is 11.6. The molecular formula is C16H28IN5OS. The van der Waals surface area contributed by atoms with Crippen molar-refractivity contribution in [2.75, 3.05) is 26.2 Å². The monoisotopic (exact) mass is 465 g/mol. The van der Waals surface area contributed by atoms with Gasteiger partial charge in [-0.3, -0.25) is 4.79 Å². The lowest BCUT2D eigenvalue weighted by molar-refractivity contribution is -0.127. The van der Waals surface area contributed by atoms with Gasteiger partial charge >= 0.3 is 0 Å². The molecule has 1 aliphatic heterocycles. The van der Waals surface area contributed by atoms with Crippen molar-refractivity contribution in [3.05, 3.63) is 16.1 Å². The van der Waals surface area contributed by atoms with Crippen LogP contribution >= 0.6 is 35.3 Å². The first-order valence-corrected chi connectivity index (χ1v) is 9.34. The Morgan fingerprint density at radius 2 is 2.25 bits per heavy atom. The molecule has 2 rings (SSSR count). The predicted molar refractivity (Wildman–Crippen MR) is 110 cm³/mol. The number of aryl methyl sites for hydroxylation is 1. The van der Waals surface area contributed by atoms with Crippen LogP contribution in [0.3, 0.4) is 0 Å². The number of carbonyl (C=O) groups is 1. The second-order valence-corrected chi connectivity index (χ2v) is 6.49. The Morgan fingerprint density at radius 1 is 1.42 bits per heavy atom. The average molecular weight is 465 g/mol. The number of nitrogens with one attached hydrogen (secondary N) is 2. The van der Waals surface area contributed by atoms with Crippen molar-refractivity contribution in [2.24, 2.45) is 4.99 Å². The van der Waals surface area contributed by atoms with Gasteiger partial charge in [-0.05, 0) is 26.2 Å². The molecule has 1 aromatic rings. The summed E-state index contributed by atoms with van der Waals surface area (Å²) >= 11 is 1.69. The fourth-order valence-corrected chi connectivity index (χ4v) is 3.24. The highest BCUT2D eigenvalue weighted by molar-refractivity contribution is 14.0. The molecule has 24 heavy (non-hydrogen) atoms. The highest BCUT2D eigenvalue weighted by atomic mass is 127. The maximum absolute atomic E-state index is 11.6. The third-order valence-corrected chi connectivity index (χ3v) is 4.76. The second-order valence-electron chi connectivity index (χ2n) is 5.55. The molecule has 136 valence electrons. The van der Waals surface area contributed by atoms with Gasteiger partial charge in [-0.1, -0.05) is 6.92 Å². The van der Waals surface area contributed by atoms with Gasteiger partial charge in [0, 0.05) is 38.0 Å². The molecule has 1 aromatic heterocycles. The number of aliphatic imine (C=N–C) groups is 1. The van der Waals surface area contributed by atoms with Crippen LogP contribution in [0.25, 0.3) is 0 Å². The van der Waals surface area contributed by atoms with E-state index in [2.05, 4.69) is 39.8 Å². The fraction of sp³-hybridized carbons (Fsp3) is 0.688. The van der Waals surface area contributed by atoms with Gasteiger partial charge in [-0.2, -0.15) is 0 Å². The number of carbonyl (C=O) groups excluding carboxylic acids is 1. The number of halogens is 1. The number of hydrogen-bond acceptors (Lipinski definition) is 4. The average Bonchev–Trinajstić information content (AvgIpc) is 3.18. The minimum Gasteiger partial charge on any atom is -0.357 e. The topological polar surface area (TPSA) is 69.6 Å². The minimum absolute atomic E-state index is 0. The molecule has 1 fully saturated rings. The van der Waals surface area contributed by atoms with E-state index in [1.165, 1.54) is 0 Å². The molecular weight excluding hydrogens is 437 g/mol. The van der Waals surface area contributed by atoms with Crippen molar-refractivity contribution in [1.29, 1.82) is 0 Å². The summed E-state index contributed by atoms with van der Waals surface area (Å²) in [6.45, 7) is 8.14. The normalized spacial score (nSPS) is 14.7. The van der Waals surface area contributed by atoms with Crippen LogP contribution in [0.2, 0.25) is 0 Å². The highest BCUT2D eigenvalue weighted by Gasteiger charge is 2.18. The van der Waals surface area contributed by atoms with E-state index in [1.807, 2.05) is 4.90 Å². The van der Waals surface area contributed by atoms with Crippen molar-refractivity contribution < 1.29 is 4.79 Å². The van der Waals surface area contributed by atoms with Crippen LogP contribution in [0.15, 0.2) is 10.4 Å². The molecule has 0 atom stereocenters. The van der Waals surface area contributed by atoms with Crippen molar-refractivity contribution >= 4 is 47.2 Å². The molecule has 1 amide bonds. The maximum atomic E-state index is 11.6. The Hall–Kier alpha value is -0.900. The molecule has 0 spiro atoms. The molecule has 8 heteroatoms. The first-order valence-electron chi connectivity index (χ1n) is 8.46. The molecule has 0 aromatic carbocycles. The number of nitrogens with zero attached hydrogens (tertiary/aromatic N) is 3. The molecule has 0 saturated carbocycles. The zero-order chi connectivity index (χ0) is 16.5. The van der Waals surface area contributed by atoms with E-state index >= 15 is 0 Å². The number of amides is 1. The molecule has 0 bridgehead atoms. The number of aromatic nitrogens is 1. The number of rotatable bonds is 8. The molecule has 2 heterocycles. The Labute approximate surface area is 165 Å². The maximum Gasteiger partial charge on any atom is 0.222 e. The molecule has 1 saturated heterocycles. The van der Waals surface area contributed by atoms with Crippen LogP contribution in [0.4, 0.5) is 0 Å². The lowest BCUT2D eigenvalue weighted by atomic mass is 10.4. The summed E-state index contributed by atoms with van der Waals surface area (Å²) in [5.74, 6) is 1.10. The summed E-state index contributed by atoms with van der Waals surface area (Å²) in [7, 11) is 0. The third kappa shape index (κ3) is 6.92. The molecule has 2 N–H and O–H groups in total. The third-order valence-electron chi connectivity index (χ3n) is 3.71. The van der Waals surface area contributed by atoms with E-state index in [0.717, 1.165) is 62.1 Å². The number of guanidine groups is 1. The van der Waals surface area contributed by atoms with Crippen LogP contribution in [0, 0.1) is 0 Å². The van der Waals surface area contributed by atoms with Gasteiger partial charge < -0.3 is 15.5 Å². The number of likely N-dealkylation sites (tertiary alicyclic amines) is 1. The van der Waals surface area contributed by atoms with Gasteiger partial charge in [-0.15, -0.1) is 35.3 Å². The largest absolute Gasteiger partial charge is 0.357 e. The van der Waals surface area contributed by atoms with Gasteiger partial charge in [0.15, 0.2) is 5.96 Å². The van der Waals surface area contributed by atoms with Crippen LogP contribution in [0.1, 0.15) is 43.8 Å². The summed E-state index contributed by atoms with van der Waals surface area (Å²) in [6, 6.07) is 0. The van der Waals surface area contributed by atoms with Crippen molar-refractivity contribution in [2.45, 2.75) is 46.1 Å². The minimum atomic E-state index is 0. The molecule has 1 aliphatic rings. The van der Waals surface area contributed by atoms with E-state index in [-0.39, 0.29) is 24.0 Å². The van der Waals surface area contributed by atoms with Gasteiger partial charge in [0.2, 0.25) is 5.91 Å². The van der Waals surface area contributed by atoms with Crippen molar-refractivity contribution in [1.82, 2.24) is 20.5 Å². The Balaban J connectivity index is 0.00000288. The quantitative estimate of drug-likeness (QED) is 0.268. The fourth-order valence-electron chi connectivity index (χ4n) is 2.50. The van der Waals surface area contributed by atoms with Gasteiger partial charge in [0.25, 0.3) is 0 Å². The van der Waals surface area contributed by atoms with Crippen molar-refractivity contribution in [3.63, 3.8) is 0 Å². The Bertz CT molecular complexity index is 534. The Kier molecular flexibility index (Phi) is 10.2. The first kappa shape index (κ1) is 21.1. The van der Waals surface area contributed by atoms with Gasteiger partial charge in [-0.25, -0.2) is 9.98 Å². The van der Waals surface area contributed by atoms with Crippen LogP contribution in [-0.4, -0.2) is 47.9 Å². The summed E-state index contributed by atoms with van der Waals surface area (Å²) in [5.41, 5.74) is 1.02. The van der Waals surface area contributed by atoms with Gasteiger partial charge in [0.1, 0.15) is 0 Å². The molecule has 0 radical (unpaired) electrons. The molecule has 0 aliphatic carbocycles. The van der Waals surface area contributed by atoms with E-state index < -0.39 is 0 Å². The van der Waals surface area contributed by atoms with E-state index in [4.69, 9.17) is 0 Å². The highest BCUT2D eigenvalue weighted by Crippen LogP contribution is 2.11. The SMILES string of the molecule is CCNC(=NCc1csc(CC)n1)NCCCN1CCCC1=O.I. The van der Waals surface area contributed by atoms with E-state index in [0.29, 0.717) is 18.9 Å². The van der Waals surface area contributed by atoms with E-state index in [1.54, 1.807) is 11.3 Å². The molecule has 6 nitrogen and oxygen atoms in total. The first-order chi connectivity index (χ1) is 11.2. The zero-order valence-electron chi connectivity index (χ0n) is 14.5. The lowest BCUT2D eigenvalue weighted by Gasteiger charge is -2.16. The Morgan fingerprint density at radius 3 is 2.88 bits per heavy atom. The summed E-state index contributed by atoms with van der Waals surface area (Å²) in [4.78, 5) is 22.6. The van der Waals surface area contributed by atoms with Crippen LogP contribution in [0.5, 0.6) is 0 Å². The van der Waals surface area contributed by atoms with Crippen molar-refractivity contribution in [3.8, 4) is 0 Å². The van der Waals surface area contributed by atoms with Crippen LogP contribution < -0.4 is 10.6 Å².